The van der Waals surface area contributed by atoms with Gasteiger partial charge in [0.1, 0.15) is 11.4 Å². The Morgan fingerprint density at radius 2 is 2.03 bits per heavy atom. The van der Waals surface area contributed by atoms with E-state index in [1.54, 1.807) is 19.3 Å². The number of carbonyl (C=O) groups is 1. The van der Waals surface area contributed by atoms with Gasteiger partial charge in [-0.2, -0.15) is 0 Å². The fraction of sp³-hybridized carbons (Fsp3) is 0.316. The SMILES string of the molecule is CCn1c(SCC(=O)Nc2c([N+](=O)[O-])ccc(C)c2C)nnc1-c1ccoc1C. The van der Waals surface area contributed by atoms with Crippen LogP contribution < -0.4 is 5.32 Å². The first-order valence-corrected chi connectivity index (χ1v) is 9.97. The highest BCUT2D eigenvalue weighted by molar-refractivity contribution is 7.99. The lowest BCUT2D eigenvalue weighted by molar-refractivity contribution is -0.384. The van der Waals surface area contributed by atoms with E-state index >= 15 is 0 Å². The number of thioether (sulfide) groups is 1. The summed E-state index contributed by atoms with van der Waals surface area (Å²) in [5.41, 5.74) is 2.49. The average molecular weight is 415 g/mol. The lowest BCUT2D eigenvalue weighted by Crippen LogP contribution is -2.17. The van der Waals surface area contributed by atoms with Gasteiger partial charge in [-0.05, 0) is 44.9 Å². The zero-order valence-corrected chi connectivity index (χ0v) is 17.4. The molecule has 0 saturated heterocycles. The largest absolute Gasteiger partial charge is 0.469 e. The molecule has 3 aromatic rings. The van der Waals surface area contributed by atoms with Gasteiger partial charge in [-0.25, -0.2) is 0 Å². The van der Waals surface area contributed by atoms with Gasteiger partial charge in [-0.3, -0.25) is 14.9 Å². The average Bonchev–Trinajstić information content (AvgIpc) is 3.28. The molecule has 9 nitrogen and oxygen atoms in total. The third-order valence-corrected chi connectivity index (χ3v) is 5.61. The van der Waals surface area contributed by atoms with Crippen molar-refractivity contribution in [3.63, 3.8) is 0 Å². The van der Waals surface area contributed by atoms with Crippen LogP contribution in [0, 0.1) is 30.9 Å². The standard InChI is InChI=1S/C19H21N5O4S/c1-5-23-18(14-8-9-28-13(14)4)21-22-19(23)29-10-16(25)20-17-12(3)11(2)6-7-15(17)24(26)27/h6-9H,5,10H2,1-4H3,(H,20,25). The predicted molar refractivity (Wildman–Crippen MR) is 110 cm³/mol. The van der Waals surface area contributed by atoms with Gasteiger partial charge in [-0.1, -0.05) is 17.8 Å². The Morgan fingerprint density at radius 3 is 2.66 bits per heavy atom. The van der Waals surface area contributed by atoms with E-state index in [9.17, 15) is 14.9 Å². The summed E-state index contributed by atoms with van der Waals surface area (Å²) in [5.74, 6) is 1.11. The maximum absolute atomic E-state index is 12.5. The normalized spacial score (nSPS) is 10.9. The second-order valence-corrected chi connectivity index (χ2v) is 7.38. The van der Waals surface area contributed by atoms with Gasteiger partial charge in [0.15, 0.2) is 11.0 Å². The minimum Gasteiger partial charge on any atom is -0.469 e. The van der Waals surface area contributed by atoms with E-state index in [4.69, 9.17) is 4.42 Å². The number of nitrogens with one attached hydrogen (secondary N) is 1. The zero-order chi connectivity index (χ0) is 21.1. The Kier molecular flexibility index (Phi) is 6.02. The number of furan rings is 1. The second kappa shape index (κ2) is 8.48. The molecule has 152 valence electrons. The first-order valence-electron chi connectivity index (χ1n) is 8.98. The molecule has 0 bridgehead atoms. The molecule has 0 aliphatic heterocycles. The van der Waals surface area contributed by atoms with E-state index in [1.165, 1.54) is 17.8 Å². The monoisotopic (exact) mass is 415 g/mol. The molecule has 2 heterocycles. The van der Waals surface area contributed by atoms with Crippen molar-refractivity contribution in [2.45, 2.75) is 39.4 Å². The number of hydrogen-bond acceptors (Lipinski definition) is 7. The van der Waals surface area contributed by atoms with Crippen molar-refractivity contribution in [2.75, 3.05) is 11.1 Å². The Hall–Kier alpha value is -3.14. The van der Waals surface area contributed by atoms with Crippen LogP contribution in [-0.4, -0.2) is 31.3 Å². The van der Waals surface area contributed by atoms with E-state index in [0.29, 0.717) is 23.1 Å². The summed E-state index contributed by atoms with van der Waals surface area (Å²) < 4.78 is 7.24. The minimum atomic E-state index is -0.498. The molecule has 0 unspecified atom stereocenters. The number of aromatic nitrogens is 3. The highest BCUT2D eigenvalue weighted by Crippen LogP contribution is 2.31. The van der Waals surface area contributed by atoms with E-state index in [-0.39, 0.29) is 23.0 Å². The Bertz CT molecular complexity index is 1070. The van der Waals surface area contributed by atoms with E-state index < -0.39 is 4.92 Å². The maximum Gasteiger partial charge on any atom is 0.293 e. The summed E-state index contributed by atoms with van der Waals surface area (Å²) >= 11 is 1.22. The lowest BCUT2D eigenvalue weighted by atomic mass is 10.1. The number of carbonyl (C=O) groups excluding carboxylic acids is 1. The van der Waals surface area contributed by atoms with Gasteiger partial charge >= 0.3 is 0 Å². The molecular weight excluding hydrogens is 394 g/mol. The number of nitro benzene ring substituents is 1. The fourth-order valence-corrected chi connectivity index (χ4v) is 3.72. The van der Waals surface area contributed by atoms with Crippen LogP contribution >= 0.6 is 11.8 Å². The Balaban J connectivity index is 1.76. The third-order valence-electron chi connectivity index (χ3n) is 4.64. The van der Waals surface area contributed by atoms with Gasteiger partial charge in [0.05, 0.1) is 22.5 Å². The highest BCUT2D eigenvalue weighted by Gasteiger charge is 2.21. The van der Waals surface area contributed by atoms with Gasteiger partial charge in [0, 0.05) is 12.6 Å². The molecule has 1 N–H and O–H groups in total. The summed E-state index contributed by atoms with van der Waals surface area (Å²) in [6, 6.07) is 4.89. The Morgan fingerprint density at radius 1 is 1.28 bits per heavy atom. The van der Waals surface area contributed by atoms with Crippen LogP contribution in [0.5, 0.6) is 0 Å². The van der Waals surface area contributed by atoms with Crippen molar-refractivity contribution in [3.8, 4) is 11.4 Å². The van der Waals surface area contributed by atoms with Crippen molar-refractivity contribution in [1.82, 2.24) is 14.8 Å². The number of nitro groups is 1. The molecule has 0 radical (unpaired) electrons. The van der Waals surface area contributed by atoms with Crippen LogP contribution in [0.3, 0.4) is 0 Å². The molecule has 0 atom stereocenters. The number of benzene rings is 1. The molecule has 2 aromatic heterocycles. The smallest absolute Gasteiger partial charge is 0.293 e. The Labute approximate surface area is 171 Å². The number of amides is 1. The fourth-order valence-electron chi connectivity index (χ4n) is 2.91. The number of aryl methyl sites for hydroxylation is 2. The number of hydrogen-bond donors (Lipinski definition) is 1. The van der Waals surface area contributed by atoms with Crippen molar-refractivity contribution < 1.29 is 14.1 Å². The van der Waals surface area contributed by atoms with Crippen LogP contribution in [0.1, 0.15) is 23.8 Å². The summed E-state index contributed by atoms with van der Waals surface area (Å²) in [6.45, 7) is 8.03. The molecule has 10 heteroatoms. The van der Waals surface area contributed by atoms with Crippen molar-refractivity contribution in [3.05, 3.63) is 51.5 Å². The summed E-state index contributed by atoms with van der Waals surface area (Å²) in [5, 5.41) is 23.0. The van der Waals surface area contributed by atoms with Crippen molar-refractivity contribution in [1.29, 1.82) is 0 Å². The summed E-state index contributed by atoms with van der Waals surface area (Å²) in [4.78, 5) is 23.3. The molecule has 0 aliphatic rings. The van der Waals surface area contributed by atoms with Crippen LogP contribution in [0.15, 0.2) is 34.0 Å². The summed E-state index contributed by atoms with van der Waals surface area (Å²) in [6.07, 6.45) is 1.59. The molecule has 1 amide bonds. The lowest BCUT2D eigenvalue weighted by Gasteiger charge is -2.11. The highest BCUT2D eigenvalue weighted by atomic mass is 32.2. The summed E-state index contributed by atoms with van der Waals surface area (Å²) in [7, 11) is 0. The van der Waals surface area contributed by atoms with Crippen LogP contribution in [-0.2, 0) is 11.3 Å². The second-order valence-electron chi connectivity index (χ2n) is 6.44. The topological polar surface area (TPSA) is 116 Å². The van der Waals surface area contributed by atoms with Crippen molar-refractivity contribution >= 4 is 29.0 Å². The zero-order valence-electron chi connectivity index (χ0n) is 16.6. The molecule has 3 rings (SSSR count). The van der Waals surface area contributed by atoms with Crippen LogP contribution in [0.25, 0.3) is 11.4 Å². The third kappa shape index (κ3) is 4.16. The van der Waals surface area contributed by atoms with E-state index in [2.05, 4.69) is 15.5 Å². The first kappa shape index (κ1) is 20.6. The molecule has 0 fully saturated rings. The number of nitrogens with zero attached hydrogens (tertiary/aromatic N) is 4. The molecule has 0 saturated carbocycles. The minimum absolute atomic E-state index is 0.0486. The molecule has 29 heavy (non-hydrogen) atoms. The van der Waals surface area contributed by atoms with Gasteiger partial charge in [0.2, 0.25) is 5.91 Å². The van der Waals surface area contributed by atoms with Gasteiger partial charge < -0.3 is 14.3 Å². The maximum atomic E-state index is 12.5. The number of anilines is 1. The molecule has 0 aliphatic carbocycles. The predicted octanol–water partition coefficient (Wildman–Crippen LogP) is 4.12. The van der Waals surface area contributed by atoms with Crippen LogP contribution in [0.4, 0.5) is 11.4 Å². The van der Waals surface area contributed by atoms with Gasteiger partial charge in [-0.15, -0.1) is 10.2 Å². The van der Waals surface area contributed by atoms with Crippen molar-refractivity contribution in [2.24, 2.45) is 0 Å². The van der Waals surface area contributed by atoms with E-state index in [0.717, 1.165) is 16.9 Å². The molecule has 1 aromatic carbocycles. The van der Waals surface area contributed by atoms with Crippen LogP contribution in [0.2, 0.25) is 0 Å². The first-order chi connectivity index (χ1) is 13.8. The van der Waals surface area contributed by atoms with Gasteiger partial charge in [0.25, 0.3) is 5.69 Å². The molecule has 0 spiro atoms. The van der Waals surface area contributed by atoms with E-state index in [1.807, 2.05) is 31.4 Å². The number of rotatable bonds is 7. The quantitative estimate of drug-likeness (QED) is 0.350. The molecular formula is C19H21N5O4S.